The zero-order valence-electron chi connectivity index (χ0n) is 20.8. The van der Waals surface area contributed by atoms with Crippen molar-refractivity contribution in [3.05, 3.63) is 60.1 Å². The molecular formula is C29H36N2O4. The number of hydrogen-bond donors (Lipinski definition) is 0. The fourth-order valence-electron chi connectivity index (χ4n) is 6.22. The number of furan rings is 1. The molecule has 6 heteroatoms. The van der Waals surface area contributed by atoms with Crippen LogP contribution in [-0.2, 0) is 15.0 Å². The molecule has 2 aliphatic carbocycles. The molecule has 0 spiro atoms. The van der Waals surface area contributed by atoms with Gasteiger partial charge in [0.05, 0.1) is 12.5 Å². The SMILES string of the molecule is CC(=O)Oc1cccc([C@@]23CCN(CC4CC4)C[C@H]2CC[C@@H](N(C)C(=O)/C=C/c2ccoc2)C3)c1. The van der Waals surface area contributed by atoms with Gasteiger partial charge in [0.2, 0.25) is 5.91 Å². The number of ether oxygens (including phenoxy) is 1. The fraction of sp³-hybridized carbons (Fsp3) is 0.517. The van der Waals surface area contributed by atoms with Crippen LogP contribution in [0.1, 0.15) is 56.6 Å². The molecule has 0 radical (unpaired) electrons. The van der Waals surface area contributed by atoms with Crippen molar-refractivity contribution in [3.63, 3.8) is 0 Å². The highest BCUT2D eigenvalue weighted by atomic mass is 16.5. The van der Waals surface area contributed by atoms with Crippen LogP contribution in [0.5, 0.6) is 5.75 Å². The summed E-state index contributed by atoms with van der Waals surface area (Å²) in [6, 6.07) is 10.1. The summed E-state index contributed by atoms with van der Waals surface area (Å²) in [7, 11) is 1.93. The zero-order valence-corrected chi connectivity index (χ0v) is 20.8. The molecule has 3 aliphatic rings. The number of piperidine rings is 1. The van der Waals surface area contributed by atoms with E-state index in [0.29, 0.717) is 11.7 Å². The molecule has 3 fully saturated rings. The van der Waals surface area contributed by atoms with Crippen LogP contribution in [0.3, 0.4) is 0 Å². The molecule has 1 aromatic heterocycles. The van der Waals surface area contributed by atoms with Gasteiger partial charge in [-0.3, -0.25) is 9.59 Å². The number of likely N-dealkylation sites (N-methyl/N-ethyl adjacent to an activating group) is 1. The number of fused-ring (bicyclic) bond motifs is 1. The van der Waals surface area contributed by atoms with E-state index in [4.69, 9.17) is 9.15 Å². The minimum atomic E-state index is -0.299. The Morgan fingerprint density at radius 3 is 2.83 bits per heavy atom. The maximum absolute atomic E-state index is 13.0. The number of hydrogen-bond acceptors (Lipinski definition) is 5. The maximum Gasteiger partial charge on any atom is 0.308 e. The predicted octanol–water partition coefficient (Wildman–Crippen LogP) is 4.90. The molecule has 0 N–H and O–H groups in total. The third kappa shape index (κ3) is 5.37. The van der Waals surface area contributed by atoms with E-state index in [9.17, 15) is 9.59 Å². The van der Waals surface area contributed by atoms with Crippen molar-refractivity contribution < 1.29 is 18.7 Å². The van der Waals surface area contributed by atoms with Crippen LogP contribution < -0.4 is 4.74 Å². The summed E-state index contributed by atoms with van der Waals surface area (Å²) in [6.07, 6.45) is 13.5. The second kappa shape index (κ2) is 10.0. The van der Waals surface area contributed by atoms with Crippen molar-refractivity contribution in [1.82, 2.24) is 9.80 Å². The van der Waals surface area contributed by atoms with E-state index in [1.54, 1.807) is 18.6 Å². The number of benzene rings is 1. The first kappa shape index (κ1) is 23.9. The van der Waals surface area contributed by atoms with Gasteiger partial charge in [0, 0.05) is 50.2 Å². The van der Waals surface area contributed by atoms with Gasteiger partial charge in [-0.25, -0.2) is 0 Å². The number of carbonyl (C=O) groups is 2. The average molecular weight is 477 g/mol. The molecule has 186 valence electrons. The lowest BCUT2D eigenvalue weighted by Gasteiger charge is -2.54. The molecule has 1 aromatic carbocycles. The van der Waals surface area contributed by atoms with Gasteiger partial charge in [-0.05, 0) is 86.7 Å². The van der Waals surface area contributed by atoms with Crippen molar-refractivity contribution >= 4 is 18.0 Å². The lowest BCUT2D eigenvalue weighted by molar-refractivity contribution is -0.132. The second-order valence-electron chi connectivity index (χ2n) is 10.7. The molecule has 1 aliphatic heterocycles. The molecule has 5 rings (SSSR count). The van der Waals surface area contributed by atoms with E-state index in [1.807, 2.05) is 36.2 Å². The summed E-state index contributed by atoms with van der Waals surface area (Å²) in [5, 5.41) is 0. The van der Waals surface area contributed by atoms with Gasteiger partial charge in [-0.2, -0.15) is 0 Å². The van der Waals surface area contributed by atoms with Crippen LogP contribution in [0.4, 0.5) is 0 Å². The molecular weight excluding hydrogens is 440 g/mol. The molecule has 35 heavy (non-hydrogen) atoms. The molecule has 2 heterocycles. The van der Waals surface area contributed by atoms with Gasteiger partial charge >= 0.3 is 5.97 Å². The minimum Gasteiger partial charge on any atom is -0.472 e. The fourth-order valence-corrected chi connectivity index (χ4v) is 6.22. The maximum atomic E-state index is 13.0. The van der Waals surface area contributed by atoms with Crippen LogP contribution in [0.15, 0.2) is 53.4 Å². The van der Waals surface area contributed by atoms with Gasteiger partial charge in [-0.1, -0.05) is 12.1 Å². The number of rotatable bonds is 7. The summed E-state index contributed by atoms with van der Waals surface area (Å²) in [5.74, 6) is 1.75. The molecule has 2 aromatic rings. The Labute approximate surface area is 207 Å². The number of carbonyl (C=O) groups excluding carboxylic acids is 2. The predicted molar refractivity (Wildman–Crippen MR) is 135 cm³/mol. The Balaban J connectivity index is 1.38. The standard InChI is InChI=1S/C29H36N2O4/c1-21(32)35-27-5-3-4-24(16-27)29-13-14-31(18-22-6-7-22)19-25(29)9-10-26(17-29)30(2)28(33)11-8-23-12-15-34-20-23/h3-5,8,11-12,15-16,20,22,25-26H,6-7,9-10,13-14,17-19H2,1-2H3/b11-8+/t25-,26-,29+/m1/s1. The molecule has 1 saturated heterocycles. The second-order valence-corrected chi connectivity index (χ2v) is 10.7. The number of nitrogens with zero attached hydrogens (tertiary/aromatic N) is 2. The van der Waals surface area contributed by atoms with Gasteiger partial charge < -0.3 is 19.0 Å². The first-order valence-corrected chi connectivity index (χ1v) is 12.9. The smallest absolute Gasteiger partial charge is 0.308 e. The first-order valence-electron chi connectivity index (χ1n) is 12.9. The minimum absolute atomic E-state index is 0.0182. The Hall–Kier alpha value is -2.86. The van der Waals surface area contributed by atoms with Gasteiger partial charge in [0.1, 0.15) is 5.75 Å². The van der Waals surface area contributed by atoms with Crippen LogP contribution >= 0.6 is 0 Å². The summed E-state index contributed by atoms with van der Waals surface area (Å²) in [6.45, 7) is 4.85. The van der Waals surface area contributed by atoms with Crippen molar-refractivity contribution in [2.75, 3.05) is 26.7 Å². The van der Waals surface area contributed by atoms with E-state index < -0.39 is 0 Å². The van der Waals surface area contributed by atoms with Gasteiger partial charge in [0.25, 0.3) is 0 Å². The van der Waals surface area contributed by atoms with Crippen molar-refractivity contribution in [2.45, 2.75) is 56.9 Å². The molecule has 2 saturated carbocycles. The van der Waals surface area contributed by atoms with Crippen LogP contribution in [0, 0.1) is 11.8 Å². The summed E-state index contributed by atoms with van der Waals surface area (Å²) < 4.78 is 10.6. The first-order chi connectivity index (χ1) is 16.9. The normalized spacial score (nSPS) is 26.9. The summed E-state index contributed by atoms with van der Waals surface area (Å²) >= 11 is 0. The molecule has 6 nitrogen and oxygen atoms in total. The summed E-state index contributed by atoms with van der Waals surface area (Å²) in [4.78, 5) is 29.2. The van der Waals surface area contributed by atoms with Gasteiger partial charge in [-0.15, -0.1) is 0 Å². The summed E-state index contributed by atoms with van der Waals surface area (Å²) in [5.41, 5.74) is 2.10. The Morgan fingerprint density at radius 1 is 1.23 bits per heavy atom. The Morgan fingerprint density at radius 2 is 2.09 bits per heavy atom. The lowest BCUT2D eigenvalue weighted by Crippen LogP contribution is -2.56. The lowest BCUT2D eigenvalue weighted by atomic mass is 9.57. The van der Waals surface area contributed by atoms with E-state index in [1.165, 1.54) is 31.9 Å². The molecule has 0 bridgehead atoms. The quantitative estimate of drug-likeness (QED) is 0.323. The number of likely N-dealkylation sites (tertiary alicyclic amines) is 1. The highest BCUT2D eigenvalue weighted by molar-refractivity contribution is 5.91. The largest absolute Gasteiger partial charge is 0.472 e. The monoisotopic (exact) mass is 476 g/mol. The molecule has 1 amide bonds. The van der Waals surface area contributed by atoms with Crippen LogP contribution in [0.2, 0.25) is 0 Å². The van der Waals surface area contributed by atoms with E-state index in [0.717, 1.165) is 50.3 Å². The van der Waals surface area contributed by atoms with E-state index in [-0.39, 0.29) is 23.3 Å². The highest BCUT2D eigenvalue weighted by Gasteiger charge is 2.49. The zero-order chi connectivity index (χ0) is 24.4. The van der Waals surface area contributed by atoms with E-state index in [2.05, 4.69) is 17.0 Å². The molecule has 0 unspecified atom stereocenters. The van der Waals surface area contributed by atoms with Crippen molar-refractivity contribution in [3.8, 4) is 5.75 Å². The Kier molecular flexibility index (Phi) is 6.83. The number of amides is 1. The third-order valence-corrected chi connectivity index (χ3v) is 8.32. The van der Waals surface area contributed by atoms with Crippen molar-refractivity contribution in [2.24, 2.45) is 11.8 Å². The van der Waals surface area contributed by atoms with Crippen LogP contribution in [-0.4, -0.2) is 54.4 Å². The Bertz CT molecular complexity index is 1070. The van der Waals surface area contributed by atoms with Gasteiger partial charge in [0.15, 0.2) is 0 Å². The topological polar surface area (TPSA) is 63.0 Å². The highest BCUT2D eigenvalue weighted by Crippen LogP contribution is 2.51. The van der Waals surface area contributed by atoms with Crippen molar-refractivity contribution in [1.29, 1.82) is 0 Å². The van der Waals surface area contributed by atoms with Crippen LogP contribution in [0.25, 0.3) is 6.08 Å². The van der Waals surface area contributed by atoms with E-state index >= 15 is 0 Å². The average Bonchev–Trinajstić information content (AvgIpc) is 3.51. The number of esters is 1. The molecule has 3 atom stereocenters. The third-order valence-electron chi connectivity index (χ3n) is 8.32.